The maximum Gasteiger partial charge on any atom is 0.332 e. The molecular weight excluding hydrogens is 354 g/mol. The number of halogens is 1. The molecule has 134 valence electrons. The average Bonchev–Trinajstić information content (AvgIpc) is 3.13. The van der Waals surface area contributed by atoms with Crippen molar-refractivity contribution in [2.24, 2.45) is 0 Å². The van der Waals surface area contributed by atoms with Gasteiger partial charge in [-0.1, -0.05) is 48.0 Å². The minimum atomic E-state index is -1.04. The highest BCUT2D eigenvalue weighted by molar-refractivity contribution is 6.35. The number of hydrogen-bond donors (Lipinski definition) is 2. The largest absolute Gasteiger partial charge is 0.493 e. The molecule has 2 aromatic carbocycles. The van der Waals surface area contributed by atoms with Crippen molar-refractivity contribution in [3.8, 4) is 16.9 Å². The van der Waals surface area contributed by atoms with Crippen LogP contribution in [0.15, 0.2) is 53.6 Å². The third kappa shape index (κ3) is 3.44. The molecule has 0 saturated heterocycles. The molecule has 2 N–H and O–H groups in total. The molecule has 0 saturated carbocycles. The van der Waals surface area contributed by atoms with E-state index in [-0.39, 0.29) is 5.57 Å². The zero-order chi connectivity index (χ0) is 18.7. The number of nitrogens with one attached hydrogen (secondary N) is 1. The predicted octanol–water partition coefficient (Wildman–Crippen LogP) is 4.52. The summed E-state index contributed by atoms with van der Waals surface area (Å²) in [5, 5.41) is 12.3. The summed E-state index contributed by atoms with van der Waals surface area (Å²) in [7, 11) is 1.48. The van der Waals surface area contributed by atoms with Crippen LogP contribution < -0.4 is 10.1 Å². The van der Waals surface area contributed by atoms with E-state index in [9.17, 15) is 14.7 Å². The van der Waals surface area contributed by atoms with Crippen LogP contribution in [0.5, 0.6) is 5.75 Å². The Hall–Kier alpha value is -2.79. The highest BCUT2D eigenvalue weighted by Crippen LogP contribution is 2.41. The number of hydrogen-bond acceptors (Lipinski definition) is 3. The molecule has 26 heavy (non-hydrogen) atoms. The Bertz CT molecular complexity index is 890. The van der Waals surface area contributed by atoms with Crippen molar-refractivity contribution in [1.82, 2.24) is 0 Å². The number of carboxylic acids is 1. The highest BCUT2D eigenvalue weighted by Gasteiger charge is 2.26. The molecule has 0 bridgehead atoms. The van der Waals surface area contributed by atoms with Gasteiger partial charge in [0.25, 0.3) is 5.91 Å². The molecule has 5 nitrogen and oxygen atoms in total. The average molecular weight is 372 g/mol. The summed E-state index contributed by atoms with van der Waals surface area (Å²) in [4.78, 5) is 23.8. The fourth-order valence-electron chi connectivity index (χ4n) is 3.12. The van der Waals surface area contributed by atoms with Gasteiger partial charge in [0.15, 0.2) is 5.75 Å². The number of carboxylic acid groups (broad SMARTS) is 1. The molecule has 0 fully saturated rings. The Balaban J connectivity index is 1.94. The molecule has 0 aliphatic heterocycles. The molecule has 1 aliphatic carbocycles. The Morgan fingerprint density at radius 1 is 1.08 bits per heavy atom. The maximum atomic E-state index is 12.5. The topological polar surface area (TPSA) is 75.6 Å². The van der Waals surface area contributed by atoms with Gasteiger partial charge in [0.2, 0.25) is 0 Å². The van der Waals surface area contributed by atoms with Crippen LogP contribution >= 0.6 is 11.6 Å². The van der Waals surface area contributed by atoms with E-state index in [0.717, 1.165) is 11.1 Å². The summed E-state index contributed by atoms with van der Waals surface area (Å²) in [6.45, 7) is 0. The van der Waals surface area contributed by atoms with Crippen molar-refractivity contribution in [2.45, 2.75) is 19.3 Å². The van der Waals surface area contributed by atoms with Crippen LogP contribution in [-0.2, 0) is 9.59 Å². The van der Waals surface area contributed by atoms with Crippen LogP contribution in [0.1, 0.15) is 19.3 Å². The first-order valence-electron chi connectivity index (χ1n) is 8.21. The van der Waals surface area contributed by atoms with Crippen LogP contribution in [0.4, 0.5) is 5.69 Å². The van der Waals surface area contributed by atoms with E-state index in [0.29, 0.717) is 41.3 Å². The predicted molar refractivity (Wildman–Crippen MR) is 101 cm³/mol. The first kappa shape index (κ1) is 18.0. The molecule has 0 heterocycles. The van der Waals surface area contributed by atoms with E-state index >= 15 is 0 Å². The minimum Gasteiger partial charge on any atom is -0.493 e. The lowest BCUT2D eigenvalue weighted by Crippen LogP contribution is -2.17. The van der Waals surface area contributed by atoms with Gasteiger partial charge in [0.1, 0.15) is 0 Å². The third-order valence-electron chi connectivity index (χ3n) is 4.38. The molecule has 1 amide bonds. The minimum absolute atomic E-state index is 0.175. The van der Waals surface area contributed by atoms with Gasteiger partial charge >= 0.3 is 5.97 Å². The molecule has 0 radical (unpaired) electrons. The Morgan fingerprint density at radius 2 is 1.77 bits per heavy atom. The first-order chi connectivity index (χ1) is 12.5. The van der Waals surface area contributed by atoms with Gasteiger partial charge < -0.3 is 15.2 Å². The standard InChI is InChI=1S/C20H18ClNO4/c1-26-18-16(22-19(23)14-8-5-9-15(14)20(24)25)11-10-13(17(18)21)12-6-3-2-4-7-12/h2-4,6-7,10-11H,5,8-9H2,1H3,(H,22,23)(H,24,25). The molecule has 0 aromatic heterocycles. The van der Waals surface area contributed by atoms with Gasteiger partial charge in [-0.15, -0.1) is 0 Å². The number of carbonyl (C=O) groups is 2. The zero-order valence-corrected chi connectivity index (χ0v) is 15.0. The fourth-order valence-corrected chi connectivity index (χ4v) is 3.47. The number of amides is 1. The number of anilines is 1. The molecular formula is C20H18ClNO4. The van der Waals surface area contributed by atoms with Gasteiger partial charge in [0.05, 0.1) is 17.8 Å². The molecule has 1 aliphatic rings. The summed E-state index contributed by atoms with van der Waals surface area (Å²) in [5.74, 6) is -1.13. The summed E-state index contributed by atoms with van der Waals surface area (Å²) in [5.41, 5.74) is 2.61. The van der Waals surface area contributed by atoms with E-state index < -0.39 is 11.9 Å². The van der Waals surface area contributed by atoms with Gasteiger partial charge in [-0.25, -0.2) is 4.79 Å². The second kappa shape index (κ2) is 7.62. The highest BCUT2D eigenvalue weighted by atomic mass is 35.5. The Kier molecular flexibility index (Phi) is 5.28. The maximum absolute atomic E-state index is 12.5. The van der Waals surface area contributed by atoms with Gasteiger partial charge in [0, 0.05) is 16.7 Å². The van der Waals surface area contributed by atoms with Crippen molar-refractivity contribution < 1.29 is 19.4 Å². The van der Waals surface area contributed by atoms with Crippen LogP contribution in [0.25, 0.3) is 11.1 Å². The summed E-state index contributed by atoms with van der Waals surface area (Å²) < 4.78 is 5.40. The lowest BCUT2D eigenvalue weighted by molar-refractivity contribution is -0.133. The van der Waals surface area contributed by atoms with Crippen LogP contribution in [0, 0.1) is 0 Å². The van der Waals surface area contributed by atoms with E-state index in [1.165, 1.54) is 7.11 Å². The smallest absolute Gasteiger partial charge is 0.332 e. The third-order valence-corrected chi connectivity index (χ3v) is 4.76. The van der Waals surface area contributed by atoms with E-state index in [1.54, 1.807) is 12.1 Å². The Morgan fingerprint density at radius 3 is 2.42 bits per heavy atom. The Labute approximate surface area is 156 Å². The van der Waals surface area contributed by atoms with Crippen LogP contribution in [0.3, 0.4) is 0 Å². The van der Waals surface area contributed by atoms with Gasteiger partial charge in [-0.2, -0.15) is 0 Å². The van der Waals surface area contributed by atoms with Crippen molar-refractivity contribution >= 4 is 29.2 Å². The SMILES string of the molecule is COc1c(NC(=O)C2=C(C(=O)O)CCC2)ccc(-c2ccccc2)c1Cl. The second-order valence-corrected chi connectivity index (χ2v) is 6.32. The van der Waals surface area contributed by atoms with Crippen LogP contribution in [0.2, 0.25) is 5.02 Å². The van der Waals surface area contributed by atoms with E-state index in [4.69, 9.17) is 16.3 Å². The van der Waals surface area contributed by atoms with Crippen molar-refractivity contribution in [2.75, 3.05) is 12.4 Å². The summed E-state index contributed by atoms with van der Waals surface area (Å²) in [6.07, 6.45) is 1.52. The lowest BCUT2D eigenvalue weighted by atomic mass is 10.0. The fraction of sp³-hybridized carbons (Fsp3) is 0.200. The first-order valence-corrected chi connectivity index (χ1v) is 8.59. The molecule has 6 heteroatoms. The summed E-state index contributed by atoms with van der Waals surface area (Å²) >= 11 is 6.49. The molecule has 2 aromatic rings. The van der Waals surface area contributed by atoms with E-state index in [1.807, 2.05) is 30.3 Å². The normalized spacial score (nSPS) is 13.6. The van der Waals surface area contributed by atoms with Crippen LogP contribution in [-0.4, -0.2) is 24.1 Å². The van der Waals surface area contributed by atoms with Crippen molar-refractivity contribution in [3.63, 3.8) is 0 Å². The lowest BCUT2D eigenvalue weighted by Gasteiger charge is -2.15. The molecule has 0 unspecified atom stereocenters. The summed E-state index contributed by atoms with van der Waals surface area (Å²) in [6, 6.07) is 13.1. The number of carbonyl (C=O) groups excluding carboxylic acids is 1. The monoisotopic (exact) mass is 371 g/mol. The quantitative estimate of drug-likeness (QED) is 0.810. The van der Waals surface area contributed by atoms with Crippen molar-refractivity contribution in [1.29, 1.82) is 0 Å². The van der Waals surface area contributed by atoms with Gasteiger partial charge in [-0.05, 0) is 30.9 Å². The number of benzene rings is 2. The number of ether oxygens (including phenoxy) is 1. The van der Waals surface area contributed by atoms with Crippen molar-refractivity contribution in [3.05, 3.63) is 58.6 Å². The molecule has 3 rings (SSSR count). The zero-order valence-electron chi connectivity index (χ0n) is 14.2. The molecule has 0 spiro atoms. The number of rotatable bonds is 5. The number of aliphatic carboxylic acids is 1. The molecule has 0 atom stereocenters. The number of methoxy groups -OCH3 is 1. The second-order valence-electron chi connectivity index (χ2n) is 5.94. The van der Waals surface area contributed by atoms with Gasteiger partial charge in [-0.3, -0.25) is 4.79 Å². The van der Waals surface area contributed by atoms with E-state index in [2.05, 4.69) is 5.32 Å².